The topological polar surface area (TPSA) is 69.6 Å². The van der Waals surface area contributed by atoms with Crippen molar-refractivity contribution in [3.05, 3.63) is 114 Å². The third-order valence-corrected chi connectivity index (χ3v) is 7.47. The van der Waals surface area contributed by atoms with Crippen LogP contribution in [0.1, 0.15) is 30.5 Å². The second-order valence-corrected chi connectivity index (χ2v) is 10.1. The summed E-state index contributed by atoms with van der Waals surface area (Å²) in [7, 11) is 0. The molecule has 3 aromatic carbocycles. The maximum Gasteiger partial charge on any atom is 0.242 e. The van der Waals surface area contributed by atoms with Crippen LogP contribution in [0.4, 0.5) is 5.82 Å². The lowest BCUT2D eigenvalue weighted by Crippen LogP contribution is -2.45. The monoisotopic (exact) mass is 533 g/mol. The minimum atomic E-state index is -0.219. The van der Waals surface area contributed by atoms with Gasteiger partial charge in [0.05, 0.1) is 18.2 Å². The highest BCUT2D eigenvalue weighted by Crippen LogP contribution is 2.23. The zero-order valence-corrected chi connectivity index (χ0v) is 22.9. The fourth-order valence-electron chi connectivity index (χ4n) is 5.12. The standard InChI is InChI=1S/C33H35N5O2/c1-26(28-14-7-3-8-15-28)38(32(39)24-27-12-5-2-6-13-27)25-33(40)37-21-11-20-36(22-23-37)31-19-18-30(34-35-31)29-16-9-4-10-17-29/h2-10,12-19,26H,11,20-25H2,1H3. The van der Waals surface area contributed by atoms with E-state index in [-0.39, 0.29) is 30.8 Å². The van der Waals surface area contributed by atoms with Crippen LogP contribution in [0.3, 0.4) is 0 Å². The molecule has 1 fully saturated rings. The molecule has 5 rings (SSSR count). The van der Waals surface area contributed by atoms with Crippen molar-refractivity contribution >= 4 is 17.6 Å². The number of rotatable bonds is 8. The van der Waals surface area contributed by atoms with Gasteiger partial charge < -0.3 is 14.7 Å². The van der Waals surface area contributed by atoms with E-state index in [1.54, 1.807) is 4.90 Å². The van der Waals surface area contributed by atoms with E-state index in [0.717, 1.165) is 41.2 Å². The summed E-state index contributed by atoms with van der Waals surface area (Å²) in [4.78, 5) is 32.9. The molecule has 1 unspecified atom stereocenters. The number of carbonyl (C=O) groups excluding carboxylic acids is 2. The first-order valence-corrected chi connectivity index (χ1v) is 13.9. The third kappa shape index (κ3) is 6.72. The molecule has 7 heteroatoms. The van der Waals surface area contributed by atoms with E-state index in [0.29, 0.717) is 19.6 Å². The van der Waals surface area contributed by atoms with Crippen LogP contribution in [-0.4, -0.2) is 64.5 Å². The molecule has 0 spiro atoms. The molecule has 40 heavy (non-hydrogen) atoms. The number of benzene rings is 3. The second kappa shape index (κ2) is 13.0. The van der Waals surface area contributed by atoms with Gasteiger partial charge in [-0.3, -0.25) is 9.59 Å². The molecule has 1 atom stereocenters. The lowest BCUT2D eigenvalue weighted by Gasteiger charge is -2.32. The summed E-state index contributed by atoms with van der Waals surface area (Å²) < 4.78 is 0. The number of amides is 2. The van der Waals surface area contributed by atoms with Crippen molar-refractivity contribution in [1.82, 2.24) is 20.0 Å². The molecule has 204 valence electrons. The molecule has 0 saturated carbocycles. The van der Waals surface area contributed by atoms with Crippen LogP contribution in [0.5, 0.6) is 0 Å². The Bertz CT molecular complexity index is 1380. The Hall–Kier alpha value is -4.52. The van der Waals surface area contributed by atoms with Crippen LogP contribution in [-0.2, 0) is 16.0 Å². The predicted octanol–water partition coefficient (Wildman–Crippen LogP) is 5.01. The summed E-state index contributed by atoms with van der Waals surface area (Å²) in [5.41, 5.74) is 3.82. The highest BCUT2D eigenvalue weighted by Gasteiger charge is 2.27. The van der Waals surface area contributed by atoms with Gasteiger partial charge in [-0.15, -0.1) is 10.2 Å². The maximum absolute atomic E-state index is 13.6. The molecule has 4 aromatic rings. The van der Waals surface area contributed by atoms with Crippen molar-refractivity contribution in [3.8, 4) is 11.3 Å². The Morgan fingerprint density at radius 3 is 2.12 bits per heavy atom. The minimum Gasteiger partial charge on any atom is -0.353 e. The van der Waals surface area contributed by atoms with Gasteiger partial charge in [-0.1, -0.05) is 91.0 Å². The fourth-order valence-corrected chi connectivity index (χ4v) is 5.12. The van der Waals surface area contributed by atoms with Gasteiger partial charge in [-0.25, -0.2) is 0 Å². The number of aromatic nitrogens is 2. The molecule has 0 bridgehead atoms. The molecular weight excluding hydrogens is 498 g/mol. The van der Waals surface area contributed by atoms with E-state index in [2.05, 4.69) is 15.1 Å². The van der Waals surface area contributed by atoms with Crippen LogP contribution in [0.25, 0.3) is 11.3 Å². The Kier molecular flexibility index (Phi) is 8.81. The second-order valence-electron chi connectivity index (χ2n) is 10.1. The fraction of sp³-hybridized carbons (Fsp3) is 0.273. The number of anilines is 1. The summed E-state index contributed by atoms with van der Waals surface area (Å²) in [5, 5.41) is 8.91. The first kappa shape index (κ1) is 27.1. The lowest BCUT2D eigenvalue weighted by atomic mass is 10.0. The average Bonchev–Trinajstić information content (AvgIpc) is 3.27. The molecule has 2 heterocycles. The van der Waals surface area contributed by atoms with Crippen molar-refractivity contribution in [2.24, 2.45) is 0 Å². The third-order valence-electron chi connectivity index (χ3n) is 7.47. The minimum absolute atomic E-state index is 0.0310. The summed E-state index contributed by atoms with van der Waals surface area (Å²) in [6.45, 7) is 4.71. The van der Waals surface area contributed by atoms with Crippen molar-refractivity contribution < 1.29 is 9.59 Å². The normalized spacial score (nSPS) is 14.3. The van der Waals surface area contributed by atoms with Crippen molar-refractivity contribution in [1.29, 1.82) is 0 Å². The van der Waals surface area contributed by atoms with Crippen molar-refractivity contribution in [2.75, 3.05) is 37.6 Å². The van der Waals surface area contributed by atoms with Crippen LogP contribution in [0.15, 0.2) is 103 Å². The molecule has 1 aromatic heterocycles. The van der Waals surface area contributed by atoms with Crippen LogP contribution in [0, 0.1) is 0 Å². The molecule has 1 saturated heterocycles. The van der Waals surface area contributed by atoms with Gasteiger partial charge in [-0.05, 0) is 36.6 Å². The van der Waals surface area contributed by atoms with Gasteiger partial charge >= 0.3 is 0 Å². The zero-order valence-electron chi connectivity index (χ0n) is 22.9. The molecular formula is C33H35N5O2. The number of hydrogen-bond donors (Lipinski definition) is 0. The average molecular weight is 534 g/mol. The molecule has 0 aliphatic carbocycles. The molecule has 2 amide bonds. The number of carbonyl (C=O) groups is 2. The summed E-state index contributed by atoms with van der Waals surface area (Å²) in [5.74, 6) is 0.726. The molecule has 1 aliphatic rings. The number of nitrogens with zero attached hydrogens (tertiary/aromatic N) is 5. The Labute approximate surface area is 236 Å². The Morgan fingerprint density at radius 2 is 1.45 bits per heavy atom. The predicted molar refractivity (Wildman–Crippen MR) is 158 cm³/mol. The van der Waals surface area contributed by atoms with Gasteiger partial charge in [-0.2, -0.15) is 0 Å². The zero-order chi connectivity index (χ0) is 27.7. The van der Waals surface area contributed by atoms with E-state index in [1.807, 2.05) is 115 Å². The van der Waals surface area contributed by atoms with Crippen LogP contribution in [0.2, 0.25) is 0 Å². The van der Waals surface area contributed by atoms with Gasteiger partial charge in [0.15, 0.2) is 5.82 Å². The number of hydrogen-bond acceptors (Lipinski definition) is 5. The highest BCUT2D eigenvalue weighted by atomic mass is 16.2. The van der Waals surface area contributed by atoms with Gasteiger partial charge in [0.25, 0.3) is 0 Å². The quantitative estimate of drug-likeness (QED) is 0.318. The maximum atomic E-state index is 13.6. The van der Waals surface area contributed by atoms with Gasteiger partial charge in [0.2, 0.25) is 11.8 Å². The van der Waals surface area contributed by atoms with Crippen molar-refractivity contribution in [2.45, 2.75) is 25.8 Å². The Balaban J connectivity index is 1.25. The van der Waals surface area contributed by atoms with E-state index >= 15 is 0 Å². The first-order valence-electron chi connectivity index (χ1n) is 13.9. The lowest BCUT2D eigenvalue weighted by molar-refractivity contribution is -0.142. The van der Waals surface area contributed by atoms with E-state index in [4.69, 9.17) is 0 Å². The molecule has 1 aliphatic heterocycles. The Morgan fingerprint density at radius 1 is 0.775 bits per heavy atom. The highest BCUT2D eigenvalue weighted by molar-refractivity contribution is 5.86. The van der Waals surface area contributed by atoms with Crippen LogP contribution >= 0.6 is 0 Å². The first-order chi connectivity index (χ1) is 19.6. The molecule has 0 radical (unpaired) electrons. The summed E-state index contributed by atoms with van der Waals surface area (Å²) in [6.07, 6.45) is 1.08. The smallest absolute Gasteiger partial charge is 0.242 e. The van der Waals surface area contributed by atoms with Crippen molar-refractivity contribution in [3.63, 3.8) is 0 Å². The molecule has 0 N–H and O–H groups in total. The SMILES string of the molecule is CC(c1ccccc1)N(CC(=O)N1CCCN(c2ccc(-c3ccccc3)nn2)CC1)C(=O)Cc1ccccc1. The summed E-state index contributed by atoms with van der Waals surface area (Å²) in [6, 6.07) is 33.4. The largest absolute Gasteiger partial charge is 0.353 e. The van der Waals surface area contributed by atoms with E-state index in [1.165, 1.54) is 0 Å². The van der Waals surface area contributed by atoms with Crippen LogP contribution < -0.4 is 4.90 Å². The van der Waals surface area contributed by atoms with Gasteiger partial charge in [0.1, 0.15) is 6.54 Å². The van der Waals surface area contributed by atoms with E-state index < -0.39 is 0 Å². The summed E-state index contributed by atoms with van der Waals surface area (Å²) >= 11 is 0. The van der Waals surface area contributed by atoms with Gasteiger partial charge in [0, 0.05) is 31.7 Å². The van der Waals surface area contributed by atoms with E-state index in [9.17, 15) is 9.59 Å². The molecule has 7 nitrogen and oxygen atoms in total.